The van der Waals surface area contributed by atoms with Crippen LogP contribution in [0.4, 0.5) is 5.69 Å². The molecule has 1 aromatic carbocycles. The van der Waals surface area contributed by atoms with Crippen LogP contribution >= 0.6 is 11.8 Å². The largest absolute Gasteiger partial charge is 0.326 e. The lowest BCUT2D eigenvalue weighted by Gasteiger charge is -2.31. The minimum Gasteiger partial charge on any atom is -0.326 e. The first kappa shape index (κ1) is 15.8. The molecule has 0 radical (unpaired) electrons. The van der Waals surface area contributed by atoms with Crippen molar-refractivity contribution in [3.63, 3.8) is 0 Å². The van der Waals surface area contributed by atoms with Crippen molar-refractivity contribution in [2.45, 2.75) is 13.5 Å². The van der Waals surface area contributed by atoms with Gasteiger partial charge in [0.05, 0.1) is 0 Å². The summed E-state index contributed by atoms with van der Waals surface area (Å²) >= 11 is 2.03. The molecule has 0 bridgehead atoms. The highest BCUT2D eigenvalue weighted by Gasteiger charge is 2.28. The summed E-state index contributed by atoms with van der Waals surface area (Å²) < 4.78 is 0. The molecule has 2 aliphatic rings. The first-order valence-electron chi connectivity index (χ1n) is 8.13. The summed E-state index contributed by atoms with van der Waals surface area (Å²) in [7, 11) is 0. The Kier molecular flexibility index (Phi) is 5.39. The average Bonchev–Trinajstić information content (AvgIpc) is 2.47. The van der Waals surface area contributed by atoms with Crippen LogP contribution in [0, 0.1) is 11.8 Å². The Balaban J connectivity index is 1.57. The highest BCUT2D eigenvalue weighted by molar-refractivity contribution is 7.99. The Morgan fingerprint density at radius 3 is 2.86 bits per heavy atom. The summed E-state index contributed by atoms with van der Waals surface area (Å²) in [6, 6.07) is 8.29. The minimum atomic E-state index is 0.0732. The number of anilines is 1. The lowest BCUT2D eigenvalue weighted by Crippen LogP contribution is -2.48. The van der Waals surface area contributed by atoms with Crippen LogP contribution in [-0.4, -0.2) is 48.5 Å². The van der Waals surface area contributed by atoms with Crippen LogP contribution in [0.25, 0.3) is 0 Å². The molecule has 1 atom stereocenters. The smallest absolute Gasteiger partial charge is 0.227 e. The molecule has 1 amide bonds. The first-order valence-corrected chi connectivity index (χ1v) is 9.28. The Morgan fingerprint density at radius 1 is 1.41 bits per heavy atom. The van der Waals surface area contributed by atoms with Crippen molar-refractivity contribution < 1.29 is 4.79 Å². The fourth-order valence-electron chi connectivity index (χ4n) is 2.90. The predicted octanol–water partition coefficient (Wildman–Crippen LogP) is 2.03. The van der Waals surface area contributed by atoms with Gasteiger partial charge in [-0.3, -0.25) is 9.69 Å². The number of thioether (sulfide) groups is 1. The second-order valence-electron chi connectivity index (χ2n) is 6.29. The van der Waals surface area contributed by atoms with Gasteiger partial charge in [0.2, 0.25) is 5.91 Å². The Morgan fingerprint density at radius 2 is 2.18 bits per heavy atom. The van der Waals surface area contributed by atoms with Crippen LogP contribution in [0.2, 0.25) is 0 Å². The molecule has 120 valence electrons. The molecule has 2 heterocycles. The van der Waals surface area contributed by atoms with Gasteiger partial charge < -0.3 is 10.6 Å². The van der Waals surface area contributed by atoms with E-state index in [0.29, 0.717) is 5.92 Å². The fraction of sp³-hybridized carbons (Fsp3) is 0.588. The maximum Gasteiger partial charge on any atom is 0.227 e. The van der Waals surface area contributed by atoms with Crippen molar-refractivity contribution in [2.24, 2.45) is 11.8 Å². The van der Waals surface area contributed by atoms with Crippen molar-refractivity contribution >= 4 is 23.4 Å². The third kappa shape index (κ3) is 4.03. The van der Waals surface area contributed by atoms with Crippen LogP contribution in [0.15, 0.2) is 24.3 Å². The number of carbonyl (C=O) groups excluding carboxylic acids is 1. The number of carbonyl (C=O) groups is 1. The second kappa shape index (κ2) is 7.49. The van der Waals surface area contributed by atoms with E-state index in [1.165, 1.54) is 17.1 Å². The molecule has 22 heavy (non-hydrogen) atoms. The number of amides is 1. The molecule has 0 aromatic heterocycles. The summed E-state index contributed by atoms with van der Waals surface area (Å²) in [4.78, 5) is 14.8. The Bertz CT molecular complexity index is 512. The summed E-state index contributed by atoms with van der Waals surface area (Å²) in [5.74, 6) is 3.14. The van der Waals surface area contributed by atoms with E-state index in [-0.39, 0.29) is 11.8 Å². The predicted molar refractivity (Wildman–Crippen MR) is 93.2 cm³/mol. The van der Waals surface area contributed by atoms with E-state index in [0.717, 1.165) is 38.4 Å². The number of nitrogens with zero attached hydrogens (tertiary/aromatic N) is 1. The van der Waals surface area contributed by atoms with Gasteiger partial charge in [-0.2, -0.15) is 11.8 Å². The van der Waals surface area contributed by atoms with E-state index in [4.69, 9.17) is 0 Å². The zero-order valence-electron chi connectivity index (χ0n) is 13.2. The van der Waals surface area contributed by atoms with Gasteiger partial charge in [0.25, 0.3) is 0 Å². The van der Waals surface area contributed by atoms with Gasteiger partial charge in [-0.05, 0) is 36.7 Å². The minimum absolute atomic E-state index is 0.0732. The lowest BCUT2D eigenvalue weighted by molar-refractivity contribution is -0.121. The number of nitrogens with one attached hydrogen (secondary N) is 2. The van der Waals surface area contributed by atoms with Crippen LogP contribution in [0.3, 0.4) is 0 Å². The quantitative estimate of drug-likeness (QED) is 0.872. The van der Waals surface area contributed by atoms with Crippen LogP contribution in [0.5, 0.6) is 0 Å². The Labute approximate surface area is 137 Å². The molecule has 1 aromatic rings. The summed E-state index contributed by atoms with van der Waals surface area (Å²) in [5, 5.41) is 6.31. The average molecular weight is 319 g/mol. The standard InChI is InChI=1S/C17H25N3OS/c1-13(15-10-18-11-15)17(21)19-16-4-2-3-14(9-16)12-20-5-7-22-8-6-20/h2-4,9,13,15,18H,5-8,10-12H2,1H3,(H,19,21). The number of benzene rings is 1. The topological polar surface area (TPSA) is 44.4 Å². The van der Waals surface area contributed by atoms with Crippen molar-refractivity contribution in [3.05, 3.63) is 29.8 Å². The van der Waals surface area contributed by atoms with Crippen LogP contribution < -0.4 is 10.6 Å². The molecule has 4 nitrogen and oxygen atoms in total. The molecule has 2 saturated heterocycles. The first-order chi connectivity index (χ1) is 10.7. The number of hydrogen-bond donors (Lipinski definition) is 2. The molecular weight excluding hydrogens is 294 g/mol. The molecular formula is C17H25N3OS. The monoisotopic (exact) mass is 319 g/mol. The summed E-state index contributed by atoms with van der Waals surface area (Å²) in [6.45, 7) is 7.24. The van der Waals surface area contributed by atoms with E-state index >= 15 is 0 Å². The van der Waals surface area contributed by atoms with E-state index in [1.54, 1.807) is 0 Å². The SMILES string of the molecule is CC(C(=O)Nc1cccc(CN2CCSCC2)c1)C1CNC1. The van der Waals surface area contributed by atoms with Crippen LogP contribution in [0.1, 0.15) is 12.5 Å². The maximum atomic E-state index is 12.3. The normalized spacial score (nSPS) is 21.1. The van der Waals surface area contributed by atoms with Gasteiger partial charge >= 0.3 is 0 Å². The third-order valence-corrected chi connectivity index (χ3v) is 5.58. The van der Waals surface area contributed by atoms with Crippen molar-refractivity contribution in [1.29, 1.82) is 0 Å². The van der Waals surface area contributed by atoms with Crippen LogP contribution in [-0.2, 0) is 11.3 Å². The molecule has 3 rings (SSSR count). The fourth-order valence-corrected chi connectivity index (χ4v) is 3.88. The molecule has 2 N–H and O–H groups in total. The van der Waals surface area contributed by atoms with E-state index in [1.807, 2.05) is 30.8 Å². The van der Waals surface area contributed by atoms with Gasteiger partial charge in [0.15, 0.2) is 0 Å². The zero-order valence-corrected chi connectivity index (χ0v) is 14.0. The molecule has 0 saturated carbocycles. The van der Waals surface area contributed by atoms with Crippen molar-refractivity contribution in [2.75, 3.05) is 43.0 Å². The molecule has 1 unspecified atom stereocenters. The molecule has 2 aliphatic heterocycles. The van der Waals surface area contributed by atoms with E-state index in [2.05, 4.69) is 27.7 Å². The van der Waals surface area contributed by atoms with Crippen molar-refractivity contribution in [3.8, 4) is 0 Å². The van der Waals surface area contributed by atoms with E-state index in [9.17, 15) is 4.79 Å². The van der Waals surface area contributed by atoms with E-state index < -0.39 is 0 Å². The lowest BCUT2D eigenvalue weighted by atomic mass is 9.88. The van der Waals surface area contributed by atoms with Gasteiger partial charge in [-0.15, -0.1) is 0 Å². The Hall–Kier alpha value is -1.04. The van der Waals surface area contributed by atoms with Gasteiger partial charge in [0, 0.05) is 42.7 Å². The van der Waals surface area contributed by atoms with Gasteiger partial charge in [-0.1, -0.05) is 19.1 Å². The van der Waals surface area contributed by atoms with Gasteiger partial charge in [0.1, 0.15) is 0 Å². The molecule has 2 fully saturated rings. The van der Waals surface area contributed by atoms with Gasteiger partial charge in [-0.25, -0.2) is 0 Å². The highest BCUT2D eigenvalue weighted by Crippen LogP contribution is 2.20. The molecule has 5 heteroatoms. The maximum absolute atomic E-state index is 12.3. The molecule has 0 spiro atoms. The van der Waals surface area contributed by atoms with Crippen molar-refractivity contribution in [1.82, 2.24) is 10.2 Å². The second-order valence-corrected chi connectivity index (χ2v) is 7.51. The molecule has 0 aliphatic carbocycles. The highest BCUT2D eigenvalue weighted by atomic mass is 32.2. The number of rotatable bonds is 5. The summed E-state index contributed by atoms with van der Waals surface area (Å²) in [5.41, 5.74) is 2.20. The number of hydrogen-bond acceptors (Lipinski definition) is 4. The summed E-state index contributed by atoms with van der Waals surface area (Å²) in [6.07, 6.45) is 0. The third-order valence-electron chi connectivity index (χ3n) is 4.64. The zero-order chi connectivity index (χ0) is 15.4.